The lowest BCUT2D eigenvalue weighted by molar-refractivity contribution is 0.0565. The number of ketones is 1. The van der Waals surface area contributed by atoms with Gasteiger partial charge < -0.3 is 18.9 Å². The van der Waals surface area contributed by atoms with Crippen molar-refractivity contribution < 1.29 is 23.9 Å². The number of ether oxygens (including phenoxy) is 2. The highest BCUT2D eigenvalue weighted by molar-refractivity contribution is 6.07. The molecule has 1 aromatic heterocycles. The van der Waals surface area contributed by atoms with E-state index in [1.165, 1.54) is 7.11 Å². The molecular weight excluding hydrogens is 396 g/mol. The Morgan fingerprint density at radius 2 is 1.61 bits per heavy atom. The third kappa shape index (κ3) is 4.50. The van der Waals surface area contributed by atoms with Crippen LogP contribution >= 0.6 is 0 Å². The first-order chi connectivity index (χ1) is 14.6. The van der Waals surface area contributed by atoms with Crippen LogP contribution in [0.4, 0.5) is 0 Å². The maximum atomic E-state index is 13.6. The summed E-state index contributed by atoms with van der Waals surface area (Å²) in [5.74, 6) is -0.275. The number of carbonyl (C=O) groups is 3. The summed E-state index contributed by atoms with van der Waals surface area (Å²) in [6, 6.07) is 5.89. The fourth-order valence-corrected chi connectivity index (χ4v) is 4.09. The van der Waals surface area contributed by atoms with Crippen LogP contribution < -0.4 is 4.74 Å². The maximum Gasteiger partial charge on any atom is 0.354 e. The Morgan fingerprint density at radius 3 is 2.06 bits per heavy atom. The van der Waals surface area contributed by atoms with E-state index in [9.17, 15) is 14.4 Å². The molecule has 0 N–H and O–H groups in total. The molecule has 0 aliphatic heterocycles. The number of esters is 1. The van der Waals surface area contributed by atoms with Crippen molar-refractivity contribution in [2.75, 3.05) is 14.2 Å². The molecular formula is C24H32N2O5. The zero-order valence-electron chi connectivity index (χ0n) is 19.6. The lowest BCUT2D eigenvalue weighted by Gasteiger charge is -2.32. The first kappa shape index (κ1) is 24.2. The molecule has 1 atom stereocenters. The van der Waals surface area contributed by atoms with Crippen LogP contribution in [0.2, 0.25) is 0 Å². The molecule has 0 unspecified atom stereocenters. The monoisotopic (exact) mass is 428 g/mol. The van der Waals surface area contributed by atoms with E-state index < -0.39 is 12.0 Å². The average Bonchev–Trinajstić information content (AvgIpc) is 3.01. The largest absolute Gasteiger partial charge is 0.497 e. The van der Waals surface area contributed by atoms with Gasteiger partial charge in [-0.05, 0) is 71.4 Å². The van der Waals surface area contributed by atoms with Crippen LogP contribution in [-0.2, 0) is 11.3 Å². The van der Waals surface area contributed by atoms with Crippen LogP contribution in [0.15, 0.2) is 24.3 Å². The number of rotatable bonds is 8. The number of hydrogen-bond acceptors (Lipinski definition) is 5. The minimum absolute atomic E-state index is 0.206. The van der Waals surface area contributed by atoms with Crippen molar-refractivity contribution in [3.05, 3.63) is 52.3 Å². The molecule has 7 heteroatoms. The van der Waals surface area contributed by atoms with E-state index in [2.05, 4.69) is 0 Å². The zero-order valence-corrected chi connectivity index (χ0v) is 19.6. The molecule has 0 aliphatic rings. The molecule has 2 rings (SSSR count). The molecule has 0 spiro atoms. The Bertz CT molecular complexity index is 973. The highest BCUT2D eigenvalue weighted by atomic mass is 16.5. The summed E-state index contributed by atoms with van der Waals surface area (Å²) >= 11 is 0. The van der Waals surface area contributed by atoms with Gasteiger partial charge >= 0.3 is 5.97 Å². The second-order valence-electron chi connectivity index (χ2n) is 7.74. The minimum Gasteiger partial charge on any atom is -0.497 e. The predicted molar refractivity (Wildman–Crippen MR) is 119 cm³/mol. The van der Waals surface area contributed by atoms with Crippen LogP contribution in [-0.4, -0.2) is 53.4 Å². The highest BCUT2D eigenvalue weighted by Gasteiger charge is 2.34. The molecule has 1 aromatic carbocycles. The number of nitrogens with zero attached hydrogens (tertiary/aromatic N) is 2. The second-order valence-corrected chi connectivity index (χ2v) is 7.74. The Kier molecular flexibility index (Phi) is 7.65. The summed E-state index contributed by atoms with van der Waals surface area (Å²) < 4.78 is 11.9. The van der Waals surface area contributed by atoms with Crippen molar-refractivity contribution in [1.82, 2.24) is 9.47 Å². The smallest absolute Gasteiger partial charge is 0.354 e. The van der Waals surface area contributed by atoms with E-state index in [1.54, 1.807) is 54.7 Å². The molecule has 0 saturated carbocycles. The summed E-state index contributed by atoms with van der Waals surface area (Å²) in [4.78, 5) is 40.8. The topological polar surface area (TPSA) is 77.8 Å². The van der Waals surface area contributed by atoms with E-state index in [1.807, 2.05) is 27.7 Å². The molecule has 7 nitrogen and oxygen atoms in total. The number of aromatic nitrogens is 1. The van der Waals surface area contributed by atoms with Crippen molar-refractivity contribution >= 4 is 17.7 Å². The molecule has 0 saturated heterocycles. The third-order valence-corrected chi connectivity index (χ3v) is 5.63. The summed E-state index contributed by atoms with van der Waals surface area (Å²) in [7, 11) is 2.88. The van der Waals surface area contributed by atoms with Crippen LogP contribution in [0.1, 0.15) is 70.2 Å². The normalized spacial score (nSPS) is 11.9. The lowest BCUT2D eigenvalue weighted by Crippen LogP contribution is -2.47. The summed E-state index contributed by atoms with van der Waals surface area (Å²) in [6.45, 7) is 11.5. The molecule has 1 heterocycles. The summed E-state index contributed by atoms with van der Waals surface area (Å²) in [5.41, 5.74) is 2.57. The van der Waals surface area contributed by atoms with Gasteiger partial charge in [0.05, 0.1) is 20.3 Å². The van der Waals surface area contributed by atoms with Gasteiger partial charge in [-0.2, -0.15) is 0 Å². The van der Waals surface area contributed by atoms with Gasteiger partial charge in [0.25, 0.3) is 5.91 Å². The third-order valence-electron chi connectivity index (χ3n) is 5.63. The quantitative estimate of drug-likeness (QED) is 0.468. The Labute approximate surface area is 183 Å². The van der Waals surface area contributed by atoms with Crippen molar-refractivity contribution in [3.8, 4) is 5.75 Å². The average molecular weight is 429 g/mol. The van der Waals surface area contributed by atoms with E-state index >= 15 is 0 Å². The number of amides is 1. The number of benzene rings is 1. The molecule has 1 amide bonds. The molecule has 0 radical (unpaired) electrons. The van der Waals surface area contributed by atoms with Crippen molar-refractivity contribution in [2.24, 2.45) is 0 Å². The fourth-order valence-electron chi connectivity index (χ4n) is 4.09. The van der Waals surface area contributed by atoms with Gasteiger partial charge in [-0.25, -0.2) is 4.79 Å². The van der Waals surface area contributed by atoms with Gasteiger partial charge in [0.1, 0.15) is 11.4 Å². The van der Waals surface area contributed by atoms with Crippen LogP contribution in [0, 0.1) is 13.8 Å². The van der Waals surface area contributed by atoms with Gasteiger partial charge in [0, 0.05) is 29.4 Å². The minimum atomic E-state index is -0.717. The van der Waals surface area contributed by atoms with Gasteiger partial charge in [0.15, 0.2) is 5.78 Å². The second kappa shape index (κ2) is 9.81. The standard InChI is InChI=1S/C24H32N2O5/c1-9-25-16(5)20(15(4)21(25)24(29)31-8)22(27)17(6)26(14(2)3)23(28)18-10-12-19(30-7)13-11-18/h10-14,17H,9H2,1-8H3/t17-/m0/s1. The molecule has 0 aliphatic carbocycles. The van der Waals surface area contributed by atoms with Gasteiger partial charge in [0.2, 0.25) is 0 Å². The number of methoxy groups -OCH3 is 2. The van der Waals surface area contributed by atoms with Crippen LogP contribution in [0.5, 0.6) is 5.75 Å². The summed E-state index contributed by atoms with van der Waals surface area (Å²) in [5, 5.41) is 0. The SMILES string of the molecule is CCn1c(C)c(C(=O)[C@H](C)N(C(=O)c2ccc(OC)cc2)C(C)C)c(C)c1C(=O)OC. The Balaban J connectivity index is 2.48. The molecule has 0 bridgehead atoms. The molecule has 31 heavy (non-hydrogen) atoms. The summed E-state index contributed by atoms with van der Waals surface area (Å²) in [6.07, 6.45) is 0. The van der Waals surface area contributed by atoms with Crippen LogP contribution in [0.25, 0.3) is 0 Å². The van der Waals surface area contributed by atoms with Gasteiger partial charge in [-0.15, -0.1) is 0 Å². The Morgan fingerprint density at radius 1 is 1.03 bits per heavy atom. The van der Waals surface area contributed by atoms with E-state index in [0.29, 0.717) is 40.4 Å². The number of carbonyl (C=O) groups excluding carboxylic acids is 3. The molecule has 0 fully saturated rings. The molecule has 2 aromatic rings. The van der Waals surface area contributed by atoms with E-state index in [-0.39, 0.29) is 17.7 Å². The van der Waals surface area contributed by atoms with Gasteiger partial charge in [-0.1, -0.05) is 0 Å². The Hall–Kier alpha value is -3.09. The van der Waals surface area contributed by atoms with Crippen molar-refractivity contribution in [3.63, 3.8) is 0 Å². The first-order valence-electron chi connectivity index (χ1n) is 10.4. The molecule has 168 valence electrons. The number of Topliss-reactive ketones (excluding diaryl/α,β-unsaturated/α-hetero) is 1. The van der Waals surface area contributed by atoms with Crippen molar-refractivity contribution in [1.29, 1.82) is 0 Å². The first-order valence-corrected chi connectivity index (χ1v) is 10.4. The van der Waals surface area contributed by atoms with Crippen molar-refractivity contribution in [2.45, 2.75) is 60.2 Å². The number of hydrogen-bond donors (Lipinski definition) is 0. The maximum absolute atomic E-state index is 13.6. The fraction of sp³-hybridized carbons (Fsp3) is 0.458. The lowest BCUT2D eigenvalue weighted by atomic mass is 9.98. The van der Waals surface area contributed by atoms with Crippen LogP contribution in [0.3, 0.4) is 0 Å². The van der Waals surface area contributed by atoms with Gasteiger partial charge in [-0.3, -0.25) is 9.59 Å². The zero-order chi connectivity index (χ0) is 23.5. The van der Waals surface area contributed by atoms with E-state index in [0.717, 1.165) is 0 Å². The van der Waals surface area contributed by atoms with E-state index in [4.69, 9.17) is 9.47 Å². The predicted octanol–water partition coefficient (Wildman–Crippen LogP) is 4.04. The highest BCUT2D eigenvalue weighted by Crippen LogP contribution is 2.27.